The van der Waals surface area contributed by atoms with Crippen LogP contribution in [0.15, 0.2) is 39.2 Å². The fraction of sp³-hybridized carbons (Fsp3) is 0.400. The van der Waals surface area contributed by atoms with E-state index >= 15 is 0 Å². The number of aryl methyl sites for hydroxylation is 1. The molecular weight excluding hydrogens is 408 g/mol. The molecule has 9 heteroatoms. The van der Waals surface area contributed by atoms with Gasteiger partial charge in [-0.25, -0.2) is 15.0 Å². The molecule has 0 bridgehead atoms. The Bertz CT molecular complexity index is 1090. The summed E-state index contributed by atoms with van der Waals surface area (Å²) in [6, 6.07) is 3.66. The number of fused-ring (bicyclic) bond motifs is 1. The van der Waals surface area contributed by atoms with E-state index in [1.165, 1.54) is 11.8 Å². The van der Waals surface area contributed by atoms with Crippen molar-refractivity contribution in [2.75, 3.05) is 24.5 Å². The van der Waals surface area contributed by atoms with Crippen LogP contribution < -0.4 is 16.2 Å². The van der Waals surface area contributed by atoms with Crippen molar-refractivity contribution in [2.45, 2.75) is 36.6 Å². The van der Waals surface area contributed by atoms with Crippen LogP contribution in [0.2, 0.25) is 5.02 Å². The van der Waals surface area contributed by atoms with Crippen LogP contribution in [0.1, 0.15) is 25.6 Å². The summed E-state index contributed by atoms with van der Waals surface area (Å²) >= 11 is 7.87. The number of nitrogens with one attached hydrogen (secondary N) is 1. The summed E-state index contributed by atoms with van der Waals surface area (Å²) in [7, 11) is 0. The van der Waals surface area contributed by atoms with Gasteiger partial charge in [0.2, 0.25) is 0 Å². The zero-order valence-electron chi connectivity index (χ0n) is 16.4. The monoisotopic (exact) mass is 430 g/mol. The summed E-state index contributed by atoms with van der Waals surface area (Å²) in [6.45, 7) is 6.56. The van der Waals surface area contributed by atoms with Gasteiger partial charge in [0.1, 0.15) is 16.7 Å². The summed E-state index contributed by atoms with van der Waals surface area (Å²) in [5, 5.41) is 1.49. The van der Waals surface area contributed by atoms with Gasteiger partial charge in [-0.05, 0) is 43.9 Å². The largest absolute Gasteiger partial charge is 0.355 e. The molecule has 1 aliphatic rings. The molecule has 1 aliphatic heterocycles. The topological polar surface area (TPSA) is 101 Å². The zero-order valence-corrected chi connectivity index (χ0v) is 18.0. The van der Waals surface area contributed by atoms with Crippen molar-refractivity contribution in [1.82, 2.24) is 19.9 Å². The number of hydrogen-bond donors (Lipinski definition) is 2. The van der Waals surface area contributed by atoms with Gasteiger partial charge in [-0.2, -0.15) is 0 Å². The minimum atomic E-state index is -0.240. The molecule has 0 unspecified atom stereocenters. The van der Waals surface area contributed by atoms with Gasteiger partial charge in [0.25, 0.3) is 5.56 Å². The molecule has 29 heavy (non-hydrogen) atoms. The number of benzene rings is 1. The molecule has 2 aromatic heterocycles. The Labute approximate surface area is 178 Å². The molecule has 0 amide bonds. The molecule has 0 spiro atoms. The Morgan fingerprint density at radius 3 is 2.69 bits per heavy atom. The van der Waals surface area contributed by atoms with Gasteiger partial charge in [0.15, 0.2) is 0 Å². The molecule has 0 aliphatic carbocycles. The number of H-pyrrole nitrogens is 1. The predicted octanol–water partition coefficient (Wildman–Crippen LogP) is 3.39. The molecule has 1 aromatic carbocycles. The third-order valence-electron chi connectivity index (χ3n) is 5.51. The first-order valence-corrected chi connectivity index (χ1v) is 10.7. The third kappa shape index (κ3) is 4.10. The molecule has 3 heterocycles. The number of aromatic amines is 1. The molecule has 0 radical (unpaired) electrons. The van der Waals surface area contributed by atoms with Gasteiger partial charge in [-0.1, -0.05) is 30.3 Å². The standard InChI is InChI=1S/C20H23ClN6OS/c1-12-25-13-3-4-14(18(21)17(13)19(28)26-12)29-16-10-23-15(9-24-16)27-7-5-20(2,11-22)6-8-27/h3-4,9-10H,5-8,11,22H2,1-2H3,(H,25,26,28). The first-order valence-electron chi connectivity index (χ1n) is 9.53. The van der Waals surface area contributed by atoms with E-state index in [1.54, 1.807) is 25.4 Å². The van der Waals surface area contributed by atoms with E-state index in [0.717, 1.165) is 41.7 Å². The lowest BCUT2D eigenvalue weighted by Gasteiger charge is -2.39. The lowest BCUT2D eigenvalue weighted by Crippen LogP contribution is -2.42. The van der Waals surface area contributed by atoms with Crippen LogP contribution in [0.4, 0.5) is 5.82 Å². The number of piperidine rings is 1. The predicted molar refractivity (Wildman–Crippen MR) is 117 cm³/mol. The van der Waals surface area contributed by atoms with E-state index in [9.17, 15) is 4.79 Å². The number of anilines is 1. The number of rotatable bonds is 4. The minimum Gasteiger partial charge on any atom is -0.355 e. The summed E-state index contributed by atoms with van der Waals surface area (Å²) in [5.74, 6) is 1.43. The lowest BCUT2D eigenvalue weighted by atomic mass is 9.80. The highest BCUT2D eigenvalue weighted by Crippen LogP contribution is 2.36. The van der Waals surface area contributed by atoms with Gasteiger partial charge in [0.05, 0.1) is 28.3 Å². The Hall–Kier alpha value is -2.16. The minimum absolute atomic E-state index is 0.220. The highest BCUT2D eigenvalue weighted by molar-refractivity contribution is 7.99. The molecular formula is C20H23ClN6OS. The maximum absolute atomic E-state index is 12.3. The van der Waals surface area contributed by atoms with E-state index in [0.29, 0.717) is 28.3 Å². The number of nitrogens with two attached hydrogens (primary N) is 1. The van der Waals surface area contributed by atoms with Crippen molar-refractivity contribution in [1.29, 1.82) is 0 Å². The maximum atomic E-state index is 12.3. The van der Waals surface area contributed by atoms with Crippen LogP contribution in [0, 0.1) is 12.3 Å². The van der Waals surface area contributed by atoms with E-state index in [-0.39, 0.29) is 11.0 Å². The number of nitrogens with zero attached hydrogens (tertiary/aromatic N) is 4. The fourth-order valence-electron chi connectivity index (χ4n) is 3.49. The van der Waals surface area contributed by atoms with Crippen LogP contribution in [0.25, 0.3) is 10.9 Å². The van der Waals surface area contributed by atoms with Crippen molar-refractivity contribution in [3.63, 3.8) is 0 Å². The molecule has 152 valence electrons. The first-order chi connectivity index (χ1) is 13.9. The molecule has 1 saturated heterocycles. The smallest absolute Gasteiger partial charge is 0.260 e. The Kier molecular flexibility index (Phi) is 5.50. The highest BCUT2D eigenvalue weighted by Gasteiger charge is 2.29. The molecule has 0 saturated carbocycles. The molecule has 1 fully saturated rings. The Morgan fingerprint density at radius 2 is 2.03 bits per heavy atom. The molecule has 3 aromatic rings. The molecule has 4 rings (SSSR count). The SMILES string of the molecule is Cc1nc2ccc(Sc3cnc(N4CCC(C)(CN)CC4)cn3)c(Cl)c2c(=O)[nH]1. The van der Waals surface area contributed by atoms with Gasteiger partial charge >= 0.3 is 0 Å². The summed E-state index contributed by atoms with van der Waals surface area (Å²) in [4.78, 5) is 31.4. The van der Waals surface area contributed by atoms with Crippen LogP contribution in [0.3, 0.4) is 0 Å². The number of hydrogen-bond acceptors (Lipinski definition) is 7. The number of aromatic nitrogens is 4. The zero-order chi connectivity index (χ0) is 20.6. The average molecular weight is 431 g/mol. The fourth-order valence-corrected chi connectivity index (χ4v) is 4.61. The maximum Gasteiger partial charge on any atom is 0.260 e. The quantitative estimate of drug-likeness (QED) is 0.654. The number of halogens is 1. The van der Waals surface area contributed by atoms with Crippen molar-refractivity contribution in [3.05, 3.63) is 45.7 Å². The average Bonchev–Trinajstić information content (AvgIpc) is 2.71. The second-order valence-corrected chi connectivity index (χ2v) is 9.18. The van der Waals surface area contributed by atoms with Crippen molar-refractivity contribution in [3.8, 4) is 0 Å². The first kappa shape index (κ1) is 20.1. The Balaban J connectivity index is 1.52. The van der Waals surface area contributed by atoms with E-state index in [1.807, 2.05) is 6.07 Å². The highest BCUT2D eigenvalue weighted by atomic mass is 35.5. The Morgan fingerprint density at radius 1 is 1.28 bits per heavy atom. The molecule has 7 nitrogen and oxygen atoms in total. The van der Waals surface area contributed by atoms with Crippen LogP contribution in [0.5, 0.6) is 0 Å². The molecule has 3 N–H and O–H groups in total. The second kappa shape index (κ2) is 7.93. The normalized spacial score (nSPS) is 16.3. The van der Waals surface area contributed by atoms with Gasteiger partial charge < -0.3 is 15.6 Å². The summed E-state index contributed by atoms with van der Waals surface area (Å²) in [6.07, 6.45) is 5.64. The van der Waals surface area contributed by atoms with Gasteiger partial charge in [0, 0.05) is 18.0 Å². The van der Waals surface area contributed by atoms with E-state index < -0.39 is 0 Å². The second-order valence-electron chi connectivity index (χ2n) is 7.74. The van der Waals surface area contributed by atoms with Crippen molar-refractivity contribution >= 4 is 40.1 Å². The van der Waals surface area contributed by atoms with Crippen molar-refractivity contribution in [2.24, 2.45) is 11.1 Å². The van der Waals surface area contributed by atoms with Crippen LogP contribution >= 0.6 is 23.4 Å². The van der Waals surface area contributed by atoms with Crippen molar-refractivity contribution < 1.29 is 0 Å². The lowest BCUT2D eigenvalue weighted by molar-refractivity contribution is 0.258. The van der Waals surface area contributed by atoms with E-state index in [2.05, 4.69) is 31.8 Å². The van der Waals surface area contributed by atoms with Gasteiger partial charge in [-0.3, -0.25) is 4.79 Å². The molecule has 0 atom stereocenters. The summed E-state index contributed by atoms with van der Waals surface area (Å²) in [5.41, 5.74) is 6.45. The van der Waals surface area contributed by atoms with Gasteiger partial charge in [-0.15, -0.1) is 0 Å². The van der Waals surface area contributed by atoms with Crippen LogP contribution in [-0.2, 0) is 0 Å². The van der Waals surface area contributed by atoms with Crippen LogP contribution in [-0.4, -0.2) is 39.6 Å². The summed E-state index contributed by atoms with van der Waals surface area (Å²) < 4.78 is 0. The van der Waals surface area contributed by atoms with E-state index in [4.69, 9.17) is 17.3 Å². The third-order valence-corrected chi connectivity index (χ3v) is 7.00.